The molecule has 0 spiro atoms. The largest absolute Gasteiger partial charge is 0.493 e. The molecule has 0 saturated carbocycles. The van der Waals surface area contributed by atoms with Gasteiger partial charge in [-0.2, -0.15) is 0 Å². The van der Waals surface area contributed by atoms with Crippen LogP contribution in [0.1, 0.15) is 12.5 Å². The number of amides is 1. The van der Waals surface area contributed by atoms with Gasteiger partial charge >= 0.3 is 0 Å². The molecule has 0 aliphatic rings. The standard InChI is InChI=1S/C17H18FNO3/c1-12(22-16-6-4-3-5-15(16)21-2)17(20)19-11-13-7-9-14(18)10-8-13/h3-10,12H,11H2,1-2H3,(H,19,20)/t12-/m1/s1. The summed E-state index contributed by atoms with van der Waals surface area (Å²) >= 11 is 0. The second kappa shape index (κ2) is 7.45. The van der Waals surface area contributed by atoms with E-state index in [4.69, 9.17) is 9.47 Å². The van der Waals surface area contributed by atoms with Crippen LogP contribution in [0.15, 0.2) is 48.5 Å². The summed E-state index contributed by atoms with van der Waals surface area (Å²) in [4.78, 5) is 12.0. The summed E-state index contributed by atoms with van der Waals surface area (Å²) in [6.45, 7) is 1.98. The zero-order chi connectivity index (χ0) is 15.9. The van der Waals surface area contributed by atoms with Crippen molar-refractivity contribution in [3.05, 3.63) is 59.9 Å². The Morgan fingerprint density at radius 1 is 1.14 bits per heavy atom. The highest BCUT2D eigenvalue weighted by Gasteiger charge is 2.16. The number of hydrogen-bond donors (Lipinski definition) is 1. The van der Waals surface area contributed by atoms with Gasteiger partial charge in [-0.3, -0.25) is 4.79 Å². The average Bonchev–Trinajstić information content (AvgIpc) is 2.54. The molecular formula is C17H18FNO3. The van der Waals surface area contributed by atoms with Gasteiger partial charge in [0.2, 0.25) is 0 Å². The molecule has 0 unspecified atom stereocenters. The third-order valence-electron chi connectivity index (χ3n) is 3.12. The molecule has 0 saturated heterocycles. The van der Waals surface area contributed by atoms with Gasteiger partial charge in [-0.15, -0.1) is 0 Å². The van der Waals surface area contributed by atoms with Crippen molar-refractivity contribution in [1.29, 1.82) is 0 Å². The molecule has 0 bridgehead atoms. The number of carbonyl (C=O) groups excluding carboxylic acids is 1. The topological polar surface area (TPSA) is 47.6 Å². The molecule has 0 aliphatic carbocycles. The fourth-order valence-electron chi connectivity index (χ4n) is 1.90. The molecule has 0 aliphatic heterocycles. The minimum Gasteiger partial charge on any atom is -0.493 e. The van der Waals surface area contributed by atoms with Crippen LogP contribution in [0, 0.1) is 5.82 Å². The highest BCUT2D eigenvalue weighted by molar-refractivity contribution is 5.80. The lowest BCUT2D eigenvalue weighted by Crippen LogP contribution is -2.35. The Balaban J connectivity index is 1.90. The van der Waals surface area contributed by atoms with Crippen LogP contribution in [-0.2, 0) is 11.3 Å². The molecular weight excluding hydrogens is 285 g/mol. The first-order valence-electron chi connectivity index (χ1n) is 6.92. The molecule has 0 aromatic heterocycles. The molecule has 2 aromatic rings. The number of rotatable bonds is 6. The number of ether oxygens (including phenoxy) is 2. The minimum atomic E-state index is -0.670. The van der Waals surface area contributed by atoms with Crippen LogP contribution in [-0.4, -0.2) is 19.1 Å². The van der Waals surface area contributed by atoms with E-state index in [0.717, 1.165) is 5.56 Å². The first-order chi connectivity index (χ1) is 10.6. The van der Waals surface area contributed by atoms with Crippen LogP contribution in [0.2, 0.25) is 0 Å². The van der Waals surface area contributed by atoms with Crippen molar-refractivity contribution >= 4 is 5.91 Å². The molecule has 0 fully saturated rings. The predicted octanol–water partition coefficient (Wildman–Crippen LogP) is 2.92. The van der Waals surface area contributed by atoms with E-state index in [9.17, 15) is 9.18 Å². The zero-order valence-electron chi connectivity index (χ0n) is 12.5. The molecule has 2 aromatic carbocycles. The third-order valence-corrected chi connectivity index (χ3v) is 3.12. The lowest BCUT2D eigenvalue weighted by molar-refractivity contribution is -0.127. The number of carbonyl (C=O) groups is 1. The van der Waals surface area contributed by atoms with Crippen LogP contribution >= 0.6 is 0 Å². The highest BCUT2D eigenvalue weighted by atomic mass is 19.1. The van der Waals surface area contributed by atoms with Gasteiger partial charge in [0, 0.05) is 6.54 Å². The maximum Gasteiger partial charge on any atom is 0.261 e. The summed E-state index contributed by atoms with van der Waals surface area (Å²) < 4.78 is 23.6. The monoisotopic (exact) mass is 303 g/mol. The quantitative estimate of drug-likeness (QED) is 0.892. The van der Waals surface area contributed by atoms with Crippen LogP contribution in [0.5, 0.6) is 11.5 Å². The number of halogens is 1. The van der Waals surface area contributed by atoms with Gasteiger partial charge in [-0.1, -0.05) is 24.3 Å². The zero-order valence-corrected chi connectivity index (χ0v) is 12.5. The van der Waals surface area contributed by atoms with Gasteiger partial charge in [0.1, 0.15) is 5.82 Å². The second-order valence-corrected chi connectivity index (χ2v) is 4.76. The SMILES string of the molecule is COc1ccccc1O[C@H](C)C(=O)NCc1ccc(F)cc1. The lowest BCUT2D eigenvalue weighted by Gasteiger charge is -2.16. The number of hydrogen-bond acceptors (Lipinski definition) is 3. The van der Waals surface area contributed by atoms with Crippen molar-refractivity contribution in [1.82, 2.24) is 5.32 Å². The van der Waals surface area contributed by atoms with Crippen molar-refractivity contribution in [3.63, 3.8) is 0 Å². The number of para-hydroxylation sites is 2. The normalized spacial score (nSPS) is 11.6. The molecule has 0 heterocycles. The molecule has 5 heteroatoms. The van der Waals surface area contributed by atoms with Gasteiger partial charge in [-0.05, 0) is 36.8 Å². The smallest absolute Gasteiger partial charge is 0.261 e. The van der Waals surface area contributed by atoms with Gasteiger partial charge in [0.25, 0.3) is 5.91 Å². The fraction of sp³-hybridized carbons (Fsp3) is 0.235. The van der Waals surface area contributed by atoms with Crippen LogP contribution in [0.25, 0.3) is 0 Å². The number of methoxy groups -OCH3 is 1. The molecule has 1 N–H and O–H groups in total. The summed E-state index contributed by atoms with van der Waals surface area (Å²) in [7, 11) is 1.54. The van der Waals surface area contributed by atoms with Crippen LogP contribution in [0.4, 0.5) is 4.39 Å². The van der Waals surface area contributed by atoms with E-state index >= 15 is 0 Å². The Morgan fingerprint density at radius 2 is 1.77 bits per heavy atom. The maximum atomic E-state index is 12.8. The molecule has 1 atom stereocenters. The molecule has 4 nitrogen and oxygen atoms in total. The summed E-state index contributed by atoms with van der Waals surface area (Å²) in [5.41, 5.74) is 0.819. The first kappa shape index (κ1) is 15.8. The maximum absolute atomic E-state index is 12.8. The Labute approximate surface area is 128 Å². The lowest BCUT2D eigenvalue weighted by atomic mass is 10.2. The van der Waals surface area contributed by atoms with E-state index in [-0.39, 0.29) is 11.7 Å². The van der Waals surface area contributed by atoms with E-state index in [1.165, 1.54) is 12.1 Å². The van der Waals surface area contributed by atoms with Gasteiger partial charge in [-0.25, -0.2) is 4.39 Å². The minimum absolute atomic E-state index is 0.254. The number of benzene rings is 2. The van der Waals surface area contributed by atoms with E-state index in [1.54, 1.807) is 44.4 Å². The molecule has 116 valence electrons. The Morgan fingerprint density at radius 3 is 2.41 bits per heavy atom. The summed E-state index contributed by atoms with van der Waals surface area (Å²) in [5, 5.41) is 2.75. The third kappa shape index (κ3) is 4.22. The van der Waals surface area contributed by atoms with Gasteiger partial charge < -0.3 is 14.8 Å². The van der Waals surface area contributed by atoms with Crippen molar-refractivity contribution in [2.24, 2.45) is 0 Å². The Bertz CT molecular complexity index is 628. The molecule has 1 amide bonds. The first-order valence-corrected chi connectivity index (χ1v) is 6.92. The van der Waals surface area contributed by atoms with E-state index < -0.39 is 6.10 Å². The predicted molar refractivity (Wildman–Crippen MR) is 81.3 cm³/mol. The summed E-state index contributed by atoms with van der Waals surface area (Å²) in [5.74, 6) is 0.522. The molecule has 22 heavy (non-hydrogen) atoms. The van der Waals surface area contributed by atoms with Gasteiger partial charge in [0.05, 0.1) is 7.11 Å². The average molecular weight is 303 g/mol. The molecule has 0 radical (unpaired) electrons. The van der Waals surface area contributed by atoms with E-state index in [0.29, 0.717) is 18.0 Å². The van der Waals surface area contributed by atoms with Crippen molar-refractivity contribution < 1.29 is 18.7 Å². The second-order valence-electron chi connectivity index (χ2n) is 4.76. The Hall–Kier alpha value is -2.56. The fourth-order valence-corrected chi connectivity index (χ4v) is 1.90. The molecule has 2 rings (SSSR count). The Kier molecular flexibility index (Phi) is 5.36. The van der Waals surface area contributed by atoms with E-state index in [1.807, 2.05) is 6.07 Å². The van der Waals surface area contributed by atoms with E-state index in [2.05, 4.69) is 5.32 Å². The van der Waals surface area contributed by atoms with Gasteiger partial charge in [0.15, 0.2) is 17.6 Å². The van der Waals surface area contributed by atoms with Crippen molar-refractivity contribution in [2.75, 3.05) is 7.11 Å². The van der Waals surface area contributed by atoms with Crippen molar-refractivity contribution in [3.8, 4) is 11.5 Å². The van der Waals surface area contributed by atoms with Crippen LogP contribution < -0.4 is 14.8 Å². The number of nitrogens with one attached hydrogen (secondary N) is 1. The highest BCUT2D eigenvalue weighted by Crippen LogP contribution is 2.26. The van der Waals surface area contributed by atoms with Crippen molar-refractivity contribution in [2.45, 2.75) is 19.6 Å². The summed E-state index contributed by atoms with van der Waals surface area (Å²) in [6.07, 6.45) is -0.670. The summed E-state index contributed by atoms with van der Waals surface area (Å²) in [6, 6.07) is 13.1. The van der Waals surface area contributed by atoms with Crippen LogP contribution in [0.3, 0.4) is 0 Å².